The van der Waals surface area contributed by atoms with E-state index in [0.717, 1.165) is 16.9 Å². The third-order valence-electron chi connectivity index (χ3n) is 1.84. The summed E-state index contributed by atoms with van der Waals surface area (Å²) in [6.07, 6.45) is 7.17. The first-order chi connectivity index (χ1) is 6.25. The van der Waals surface area contributed by atoms with Crippen molar-refractivity contribution in [3.05, 3.63) is 21.9 Å². The lowest BCUT2D eigenvalue weighted by atomic mass is 10.1. The minimum atomic E-state index is 0.225. The number of rotatable bonds is 4. The van der Waals surface area contributed by atoms with E-state index >= 15 is 0 Å². The van der Waals surface area contributed by atoms with Crippen LogP contribution < -0.4 is 0 Å². The number of carbonyl (C=O) groups is 1. The Labute approximate surface area is 82.8 Å². The average Bonchev–Trinajstić information content (AvgIpc) is 2.52. The molecule has 0 fully saturated rings. The van der Waals surface area contributed by atoms with Gasteiger partial charge < -0.3 is 0 Å². The smallest absolute Gasteiger partial charge is 0.173 e. The fourth-order valence-electron chi connectivity index (χ4n) is 1.12. The van der Waals surface area contributed by atoms with Gasteiger partial charge in [0.1, 0.15) is 0 Å². The maximum atomic E-state index is 11.5. The first-order valence-corrected chi connectivity index (χ1v) is 5.14. The fourth-order valence-corrected chi connectivity index (χ4v) is 2.02. The molecule has 0 atom stereocenters. The minimum absolute atomic E-state index is 0.225. The second kappa shape index (κ2) is 4.84. The van der Waals surface area contributed by atoms with Crippen LogP contribution in [0.2, 0.25) is 0 Å². The van der Waals surface area contributed by atoms with Crippen molar-refractivity contribution in [2.75, 3.05) is 0 Å². The van der Waals surface area contributed by atoms with Crippen molar-refractivity contribution in [3.8, 4) is 12.3 Å². The first-order valence-electron chi connectivity index (χ1n) is 4.26. The van der Waals surface area contributed by atoms with Crippen molar-refractivity contribution >= 4 is 17.1 Å². The number of unbranched alkanes of at least 4 members (excludes halogenated alkanes) is 1. The van der Waals surface area contributed by atoms with Crippen LogP contribution in [0.3, 0.4) is 0 Å². The summed E-state index contributed by atoms with van der Waals surface area (Å²) in [6, 6.07) is 1.97. The highest BCUT2D eigenvalue weighted by Gasteiger charge is 2.08. The molecule has 1 aromatic heterocycles. The number of hydrogen-bond acceptors (Lipinski definition) is 2. The summed E-state index contributed by atoms with van der Waals surface area (Å²) in [7, 11) is 0. The molecule has 0 aliphatic heterocycles. The van der Waals surface area contributed by atoms with Gasteiger partial charge in [-0.2, -0.15) is 0 Å². The summed E-state index contributed by atoms with van der Waals surface area (Å²) in [5.74, 6) is 2.76. The van der Waals surface area contributed by atoms with Crippen molar-refractivity contribution in [3.63, 3.8) is 0 Å². The molecule has 68 valence electrons. The number of terminal acetylenes is 1. The zero-order chi connectivity index (χ0) is 9.68. The van der Waals surface area contributed by atoms with Gasteiger partial charge in [0.2, 0.25) is 0 Å². The molecule has 0 aliphatic rings. The zero-order valence-corrected chi connectivity index (χ0v) is 8.49. The minimum Gasteiger partial charge on any atom is -0.293 e. The van der Waals surface area contributed by atoms with E-state index in [4.69, 9.17) is 6.42 Å². The molecule has 0 amide bonds. The quantitative estimate of drug-likeness (QED) is 0.407. The van der Waals surface area contributed by atoms with Gasteiger partial charge in [0.05, 0.1) is 4.88 Å². The van der Waals surface area contributed by atoms with Crippen LogP contribution in [0.25, 0.3) is 0 Å². The highest BCUT2D eigenvalue weighted by atomic mass is 32.1. The lowest BCUT2D eigenvalue weighted by molar-refractivity contribution is 0.0984. The molecular formula is C11H12OS. The number of ketones is 1. The van der Waals surface area contributed by atoms with Crippen LogP contribution in [0.1, 0.15) is 34.5 Å². The van der Waals surface area contributed by atoms with Crippen molar-refractivity contribution in [2.24, 2.45) is 0 Å². The van der Waals surface area contributed by atoms with Crippen molar-refractivity contribution in [1.82, 2.24) is 0 Å². The van der Waals surface area contributed by atoms with Crippen molar-refractivity contribution in [1.29, 1.82) is 0 Å². The molecule has 13 heavy (non-hydrogen) atoms. The van der Waals surface area contributed by atoms with E-state index in [-0.39, 0.29) is 5.78 Å². The molecule has 0 unspecified atom stereocenters. The highest BCUT2D eigenvalue weighted by molar-refractivity contribution is 7.12. The zero-order valence-electron chi connectivity index (χ0n) is 7.67. The van der Waals surface area contributed by atoms with Gasteiger partial charge in [-0.05, 0) is 30.4 Å². The van der Waals surface area contributed by atoms with Crippen LogP contribution in [0.5, 0.6) is 0 Å². The molecule has 0 bridgehead atoms. The van der Waals surface area contributed by atoms with Gasteiger partial charge >= 0.3 is 0 Å². The van der Waals surface area contributed by atoms with Crippen LogP contribution in [-0.4, -0.2) is 5.78 Å². The largest absolute Gasteiger partial charge is 0.293 e. The highest BCUT2D eigenvalue weighted by Crippen LogP contribution is 2.18. The van der Waals surface area contributed by atoms with Crippen LogP contribution in [0.15, 0.2) is 11.4 Å². The number of hydrogen-bond donors (Lipinski definition) is 0. The molecule has 0 spiro atoms. The molecule has 2 heteroatoms. The average molecular weight is 192 g/mol. The number of Topliss-reactive ketones (excluding diaryl/α,β-unsaturated/α-hetero) is 1. The summed E-state index contributed by atoms with van der Waals surface area (Å²) in [5, 5.41) is 1.95. The van der Waals surface area contributed by atoms with Crippen molar-refractivity contribution < 1.29 is 4.79 Å². The second-order valence-electron chi connectivity index (χ2n) is 2.91. The molecule has 0 N–H and O–H groups in total. The Hall–Kier alpha value is -1.07. The van der Waals surface area contributed by atoms with Gasteiger partial charge in [0, 0.05) is 12.8 Å². The van der Waals surface area contributed by atoms with E-state index in [9.17, 15) is 4.79 Å². The number of aryl methyl sites for hydroxylation is 1. The summed E-state index contributed by atoms with van der Waals surface area (Å²) in [5.41, 5.74) is 1.08. The third kappa shape index (κ3) is 2.71. The molecule has 1 rings (SSSR count). The molecule has 0 radical (unpaired) electrons. The van der Waals surface area contributed by atoms with Gasteiger partial charge in [0.25, 0.3) is 0 Å². The van der Waals surface area contributed by atoms with E-state index in [1.807, 2.05) is 18.4 Å². The topological polar surface area (TPSA) is 17.1 Å². The molecule has 0 saturated heterocycles. The standard InChI is InChI=1S/C11H12OS/c1-3-4-5-6-10(12)11-9(2)7-8-13-11/h1,7-8H,4-6H2,2H3. The Morgan fingerprint density at radius 2 is 2.46 bits per heavy atom. The molecule has 0 saturated carbocycles. The number of carbonyl (C=O) groups excluding carboxylic acids is 1. The van der Waals surface area contributed by atoms with E-state index in [1.165, 1.54) is 11.3 Å². The Kier molecular flexibility index (Phi) is 3.72. The molecule has 1 heterocycles. The van der Waals surface area contributed by atoms with Gasteiger partial charge in [-0.15, -0.1) is 23.7 Å². The molecule has 1 nitrogen and oxygen atoms in total. The summed E-state index contributed by atoms with van der Waals surface area (Å²) in [6.45, 7) is 1.96. The van der Waals surface area contributed by atoms with Gasteiger partial charge in [-0.25, -0.2) is 0 Å². The fraction of sp³-hybridized carbons (Fsp3) is 0.364. The predicted octanol–water partition coefficient (Wildman–Crippen LogP) is 3.04. The van der Waals surface area contributed by atoms with Gasteiger partial charge in [0.15, 0.2) is 5.78 Å². The Morgan fingerprint density at radius 1 is 1.69 bits per heavy atom. The lowest BCUT2D eigenvalue weighted by Crippen LogP contribution is -1.97. The number of thiophene rings is 1. The molecule has 0 aliphatic carbocycles. The Balaban J connectivity index is 2.50. The normalized spacial score (nSPS) is 9.54. The first kappa shape index (κ1) is 10.0. The Morgan fingerprint density at radius 3 is 3.00 bits per heavy atom. The van der Waals surface area contributed by atoms with Crippen LogP contribution in [0, 0.1) is 19.3 Å². The van der Waals surface area contributed by atoms with Crippen LogP contribution >= 0.6 is 11.3 Å². The van der Waals surface area contributed by atoms with Gasteiger partial charge in [-0.3, -0.25) is 4.79 Å². The lowest BCUT2D eigenvalue weighted by Gasteiger charge is -1.96. The third-order valence-corrected chi connectivity index (χ3v) is 2.90. The van der Waals surface area contributed by atoms with Crippen LogP contribution in [-0.2, 0) is 0 Å². The van der Waals surface area contributed by atoms with Crippen LogP contribution in [0.4, 0.5) is 0 Å². The van der Waals surface area contributed by atoms with E-state index < -0.39 is 0 Å². The van der Waals surface area contributed by atoms with E-state index in [0.29, 0.717) is 12.8 Å². The SMILES string of the molecule is C#CCCCC(=O)c1sccc1C. The summed E-state index contributed by atoms with van der Waals surface area (Å²) >= 11 is 1.51. The summed E-state index contributed by atoms with van der Waals surface area (Å²) in [4.78, 5) is 12.4. The predicted molar refractivity (Wildman–Crippen MR) is 56.1 cm³/mol. The Bertz CT molecular complexity index is 330. The van der Waals surface area contributed by atoms with E-state index in [2.05, 4.69) is 5.92 Å². The summed E-state index contributed by atoms with van der Waals surface area (Å²) < 4.78 is 0. The molecular weight excluding hydrogens is 180 g/mol. The monoisotopic (exact) mass is 192 g/mol. The second-order valence-corrected chi connectivity index (χ2v) is 3.83. The maximum Gasteiger partial charge on any atom is 0.173 e. The van der Waals surface area contributed by atoms with Gasteiger partial charge in [-0.1, -0.05) is 0 Å². The molecule has 0 aromatic carbocycles. The van der Waals surface area contributed by atoms with Crippen molar-refractivity contribution in [2.45, 2.75) is 26.2 Å². The maximum absolute atomic E-state index is 11.5. The van der Waals surface area contributed by atoms with E-state index in [1.54, 1.807) is 0 Å². The molecule has 1 aromatic rings.